The van der Waals surface area contributed by atoms with Gasteiger partial charge >= 0.3 is 0 Å². The molecule has 1 aromatic carbocycles. The summed E-state index contributed by atoms with van der Waals surface area (Å²) in [5.74, 6) is 1.65. The van der Waals surface area contributed by atoms with Crippen molar-refractivity contribution in [2.24, 2.45) is 5.92 Å². The smallest absolute Gasteiger partial charge is 0.251 e. The summed E-state index contributed by atoms with van der Waals surface area (Å²) in [5.41, 5.74) is 0.556. The van der Waals surface area contributed by atoms with E-state index in [1.165, 1.54) is 0 Å². The average molecular weight is 312 g/mol. The molecule has 3 rings (SSSR count). The van der Waals surface area contributed by atoms with Crippen LogP contribution in [0.25, 0.3) is 0 Å². The molecule has 1 aliphatic rings. The molecule has 0 aliphatic heterocycles. The fourth-order valence-electron chi connectivity index (χ4n) is 2.56. The lowest BCUT2D eigenvalue weighted by Crippen LogP contribution is -2.37. The van der Waals surface area contributed by atoms with Gasteiger partial charge in [-0.25, -0.2) is 0 Å². The molecule has 0 bridgehead atoms. The molecule has 0 saturated heterocycles. The maximum absolute atomic E-state index is 12.4. The SMILES string of the molecule is O=C(NC(CCO)C1CC1)c1cccc(Oc2ccncc2)c1. The van der Waals surface area contributed by atoms with Crippen LogP contribution in [-0.2, 0) is 0 Å². The van der Waals surface area contributed by atoms with Gasteiger partial charge in [0.05, 0.1) is 0 Å². The lowest BCUT2D eigenvalue weighted by Gasteiger charge is -2.17. The van der Waals surface area contributed by atoms with Crippen LogP contribution in [0.4, 0.5) is 0 Å². The number of amides is 1. The highest BCUT2D eigenvalue weighted by Gasteiger charge is 2.31. The number of carbonyl (C=O) groups is 1. The highest BCUT2D eigenvalue weighted by atomic mass is 16.5. The highest BCUT2D eigenvalue weighted by molar-refractivity contribution is 5.94. The summed E-state index contributed by atoms with van der Waals surface area (Å²) in [6.45, 7) is 0.0899. The molecular formula is C18H20N2O3. The molecule has 1 atom stereocenters. The maximum Gasteiger partial charge on any atom is 0.251 e. The summed E-state index contributed by atoms with van der Waals surface area (Å²) in [7, 11) is 0. The molecule has 0 radical (unpaired) electrons. The Morgan fingerprint density at radius 1 is 1.26 bits per heavy atom. The van der Waals surface area contributed by atoms with E-state index in [1.807, 2.05) is 6.07 Å². The van der Waals surface area contributed by atoms with Crippen LogP contribution in [0.2, 0.25) is 0 Å². The number of nitrogens with one attached hydrogen (secondary N) is 1. The Labute approximate surface area is 135 Å². The summed E-state index contributed by atoms with van der Waals surface area (Å²) in [6.07, 6.45) is 6.15. The quantitative estimate of drug-likeness (QED) is 0.824. The van der Waals surface area contributed by atoms with Gasteiger partial charge < -0.3 is 15.2 Å². The van der Waals surface area contributed by atoms with Crippen molar-refractivity contribution in [3.8, 4) is 11.5 Å². The minimum Gasteiger partial charge on any atom is -0.457 e. The minimum atomic E-state index is -0.129. The van der Waals surface area contributed by atoms with Crippen LogP contribution in [0.1, 0.15) is 29.6 Å². The normalized spacial score (nSPS) is 15.0. The molecule has 1 fully saturated rings. The highest BCUT2D eigenvalue weighted by Crippen LogP contribution is 2.34. The molecule has 1 amide bonds. The van der Waals surface area contributed by atoms with Crippen LogP contribution in [0.5, 0.6) is 11.5 Å². The van der Waals surface area contributed by atoms with E-state index < -0.39 is 0 Å². The van der Waals surface area contributed by atoms with Crippen LogP contribution in [0.15, 0.2) is 48.8 Å². The third kappa shape index (κ3) is 4.29. The molecule has 1 aliphatic carbocycles. The fourth-order valence-corrected chi connectivity index (χ4v) is 2.56. The lowest BCUT2D eigenvalue weighted by atomic mass is 10.1. The molecule has 1 unspecified atom stereocenters. The molecule has 5 heteroatoms. The predicted molar refractivity (Wildman–Crippen MR) is 86.4 cm³/mol. The van der Waals surface area contributed by atoms with Crippen LogP contribution in [-0.4, -0.2) is 28.6 Å². The van der Waals surface area contributed by atoms with E-state index in [1.54, 1.807) is 42.7 Å². The van der Waals surface area contributed by atoms with Gasteiger partial charge in [-0.1, -0.05) is 6.07 Å². The zero-order chi connectivity index (χ0) is 16.1. The number of rotatable bonds is 7. The molecule has 1 saturated carbocycles. The minimum absolute atomic E-state index is 0.0530. The van der Waals surface area contributed by atoms with Crippen LogP contribution >= 0.6 is 0 Å². The third-order valence-electron chi connectivity index (χ3n) is 3.93. The summed E-state index contributed by atoms with van der Waals surface area (Å²) in [5, 5.41) is 12.2. The first-order valence-electron chi connectivity index (χ1n) is 7.86. The Bertz CT molecular complexity index is 656. The van der Waals surface area contributed by atoms with Gasteiger partial charge in [-0.15, -0.1) is 0 Å². The van der Waals surface area contributed by atoms with Crippen molar-refractivity contribution in [2.75, 3.05) is 6.61 Å². The standard InChI is InChI=1S/C18H20N2O3/c21-11-8-17(13-4-5-13)20-18(22)14-2-1-3-16(12-14)23-15-6-9-19-10-7-15/h1-3,6-7,9-10,12-13,17,21H,4-5,8,11H2,(H,20,22). The number of hydrogen-bond donors (Lipinski definition) is 2. The summed E-state index contributed by atoms with van der Waals surface area (Å²) in [6, 6.07) is 10.7. The van der Waals surface area contributed by atoms with Crippen LogP contribution in [0.3, 0.4) is 0 Å². The van der Waals surface area contributed by atoms with Gasteiger partial charge in [0.25, 0.3) is 5.91 Å². The molecule has 2 aromatic rings. The fraction of sp³-hybridized carbons (Fsp3) is 0.333. The number of aliphatic hydroxyl groups is 1. The van der Waals surface area contributed by atoms with Gasteiger partial charge in [0.2, 0.25) is 0 Å². The van der Waals surface area contributed by atoms with Gasteiger partial charge in [-0.2, -0.15) is 0 Å². The molecule has 1 aromatic heterocycles. The van der Waals surface area contributed by atoms with E-state index in [2.05, 4.69) is 10.3 Å². The summed E-state index contributed by atoms with van der Waals surface area (Å²) in [4.78, 5) is 16.3. The second-order valence-corrected chi connectivity index (χ2v) is 5.74. The van der Waals surface area contributed by atoms with Crippen molar-refractivity contribution in [1.82, 2.24) is 10.3 Å². The monoisotopic (exact) mass is 312 g/mol. The number of aliphatic hydroxyl groups excluding tert-OH is 1. The van der Waals surface area contributed by atoms with Gasteiger partial charge in [0, 0.05) is 30.6 Å². The first-order valence-corrected chi connectivity index (χ1v) is 7.86. The number of pyridine rings is 1. The number of carbonyl (C=O) groups excluding carboxylic acids is 1. The number of benzene rings is 1. The van der Waals surface area contributed by atoms with Crippen molar-refractivity contribution in [3.63, 3.8) is 0 Å². The van der Waals surface area contributed by atoms with Gasteiger partial charge in [-0.3, -0.25) is 9.78 Å². The number of hydrogen-bond acceptors (Lipinski definition) is 4. The Hall–Kier alpha value is -2.40. The van der Waals surface area contributed by atoms with Gasteiger partial charge in [-0.05, 0) is 55.5 Å². The number of aromatic nitrogens is 1. The van der Waals surface area contributed by atoms with Crippen LogP contribution < -0.4 is 10.1 Å². The topological polar surface area (TPSA) is 71.5 Å². The molecule has 120 valence electrons. The van der Waals surface area contributed by atoms with Crippen molar-refractivity contribution < 1.29 is 14.6 Å². The Morgan fingerprint density at radius 3 is 2.74 bits per heavy atom. The average Bonchev–Trinajstić information content (AvgIpc) is 3.40. The van der Waals surface area contributed by atoms with E-state index in [9.17, 15) is 4.79 Å². The van der Waals surface area contributed by atoms with Crippen molar-refractivity contribution in [2.45, 2.75) is 25.3 Å². The summed E-state index contributed by atoms with van der Waals surface area (Å²) >= 11 is 0. The molecule has 1 heterocycles. The zero-order valence-electron chi connectivity index (χ0n) is 12.8. The van der Waals surface area contributed by atoms with Crippen molar-refractivity contribution in [1.29, 1.82) is 0 Å². The van der Waals surface area contributed by atoms with Crippen molar-refractivity contribution >= 4 is 5.91 Å². The van der Waals surface area contributed by atoms with E-state index in [0.29, 0.717) is 29.4 Å². The molecule has 23 heavy (non-hydrogen) atoms. The van der Waals surface area contributed by atoms with Gasteiger partial charge in [0.1, 0.15) is 11.5 Å². The number of nitrogens with zero attached hydrogens (tertiary/aromatic N) is 1. The largest absolute Gasteiger partial charge is 0.457 e. The van der Waals surface area contributed by atoms with E-state index >= 15 is 0 Å². The Kier molecular flexibility index (Phi) is 4.88. The molecule has 0 spiro atoms. The Balaban J connectivity index is 1.67. The number of ether oxygens (including phenoxy) is 1. The second kappa shape index (κ2) is 7.24. The summed E-state index contributed by atoms with van der Waals surface area (Å²) < 4.78 is 5.72. The maximum atomic E-state index is 12.4. The Morgan fingerprint density at radius 2 is 2.04 bits per heavy atom. The third-order valence-corrected chi connectivity index (χ3v) is 3.93. The van der Waals surface area contributed by atoms with Crippen molar-refractivity contribution in [3.05, 3.63) is 54.4 Å². The lowest BCUT2D eigenvalue weighted by molar-refractivity contribution is 0.0924. The zero-order valence-corrected chi connectivity index (χ0v) is 12.8. The predicted octanol–water partition coefficient (Wildman–Crippen LogP) is 2.76. The van der Waals surface area contributed by atoms with Crippen LogP contribution in [0, 0.1) is 5.92 Å². The first kappa shape index (κ1) is 15.5. The molecule has 5 nitrogen and oxygen atoms in total. The molecule has 2 N–H and O–H groups in total. The van der Waals surface area contributed by atoms with E-state index in [-0.39, 0.29) is 18.6 Å². The van der Waals surface area contributed by atoms with Gasteiger partial charge in [0.15, 0.2) is 0 Å². The van der Waals surface area contributed by atoms with E-state index in [4.69, 9.17) is 9.84 Å². The second-order valence-electron chi connectivity index (χ2n) is 5.74. The van der Waals surface area contributed by atoms with E-state index in [0.717, 1.165) is 12.8 Å². The molecular weight excluding hydrogens is 292 g/mol. The first-order chi connectivity index (χ1) is 11.3.